The number of halogens is 1. The minimum Gasteiger partial charge on any atom is -0.496 e. The Morgan fingerprint density at radius 2 is 2.04 bits per heavy atom. The number of carbonyl (C=O) groups is 3. The molecule has 0 unspecified atom stereocenters. The molecule has 1 aromatic rings. The average molecular weight is 439 g/mol. The molecular weight excluding hydrogens is 416 g/mol. The molecular formula is C19H23BrN2O5. The fourth-order valence-electron chi connectivity index (χ4n) is 2.92. The van der Waals surface area contributed by atoms with E-state index in [0.717, 1.165) is 22.9 Å². The highest BCUT2D eigenvalue weighted by atomic mass is 79.9. The van der Waals surface area contributed by atoms with Crippen LogP contribution in [0.3, 0.4) is 0 Å². The van der Waals surface area contributed by atoms with Crippen LogP contribution in [-0.4, -0.2) is 41.5 Å². The number of hydrogen-bond donors (Lipinski definition) is 2. The van der Waals surface area contributed by atoms with Gasteiger partial charge in [0.05, 0.1) is 13.5 Å². The summed E-state index contributed by atoms with van der Waals surface area (Å²) in [5, 5.41) is 8.42. The summed E-state index contributed by atoms with van der Waals surface area (Å²) in [6.07, 6.45) is 5.00. The second-order valence-corrected chi connectivity index (χ2v) is 7.20. The summed E-state index contributed by atoms with van der Waals surface area (Å²) in [5.41, 5.74) is 2.80. The number of methoxy groups -OCH3 is 1. The number of likely N-dealkylation sites (tertiary alicyclic amines) is 1. The highest BCUT2D eigenvalue weighted by Crippen LogP contribution is 2.28. The van der Waals surface area contributed by atoms with Crippen LogP contribution in [0.5, 0.6) is 5.75 Å². The van der Waals surface area contributed by atoms with Crippen molar-refractivity contribution in [3.63, 3.8) is 0 Å². The number of amides is 3. The third-order valence-corrected chi connectivity index (χ3v) is 4.84. The van der Waals surface area contributed by atoms with Crippen LogP contribution in [0.2, 0.25) is 0 Å². The SMILES string of the molecule is COc1cc(Br)ccc1/C=C1\CC(=O)N(CCCCCCC(=O)NO)C1=O. The van der Waals surface area contributed by atoms with Crippen LogP contribution in [0.25, 0.3) is 6.08 Å². The lowest BCUT2D eigenvalue weighted by Crippen LogP contribution is -2.30. The topological polar surface area (TPSA) is 95.9 Å². The molecule has 1 aliphatic rings. The van der Waals surface area contributed by atoms with Crippen molar-refractivity contribution in [3.8, 4) is 5.75 Å². The number of nitrogens with one attached hydrogen (secondary N) is 1. The van der Waals surface area contributed by atoms with E-state index < -0.39 is 5.91 Å². The van der Waals surface area contributed by atoms with Crippen molar-refractivity contribution >= 4 is 39.7 Å². The minimum atomic E-state index is -0.405. The second-order valence-electron chi connectivity index (χ2n) is 6.28. The Morgan fingerprint density at radius 1 is 1.30 bits per heavy atom. The number of carbonyl (C=O) groups excluding carboxylic acids is 3. The molecule has 2 rings (SSSR count). The van der Waals surface area contributed by atoms with Crippen molar-refractivity contribution < 1.29 is 24.3 Å². The standard InChI is InChI=1S/C19H23BrN2O5/c1-27-16-12-15(20)8-7-13(16)10-14-11-18(24)22(19(14)25)9-5-3-2-4-6-17(23)21-26/h7-8,10,12,26H,2-6,9,11H2,1H3,(H,21,23)/b14-10+. The zero-order valence-corrected chi connectivity index (χ0v) is 16.8. The first-order valence-electron chi connectivity index (χ1n) is 8.78. The van der Waals surface area contributed by atoms with Crippen LogP contribution in [0.4, 0.5) is 0 Å². The molecule has 0 spiro atoms. The summed E-state index contributed by atoms with van der Waals surface area (Å²) in [7, 11) is 1.56. The van der Waals surface area contributed by atoms with Gasteiger partial charge < -0.3 is 4.74 Å². The number of hydroxylamine groups is 1. The smallest absolute Gasteiger partial charge is 0.256 e. The molecule has 0 saturated carbocycles. The van der Waals surface area contributed by atoms with Crippen molar-refractivity contribution in [1.82, 2.24) is 10.4 Å². The van der Waals surface area contributed by atoms with E-state index in [2.05, 4.69) is 15.9 Å². The number of imide groups is 1. The Morgan fingerprint density at radius 3 is 2.74 bits per heavy atom. The largest absolute Gasteiger partial charge is 0.496 e. The molecule has 7 nitrogen and oxygen atoms in total. The van der Waals surface area contributed by atoms with Gasteiger partial charge in [0.1, 0.15) is 5.75 Å². The lowest BCUT2D eigenvalue weighted by molar-refractivity contribution is -0.137. The van der Waals surface area contributed by atoms with Crippen LogP contribution in [0.15, 0.2) is 28.2 Å². The highest BCUT2D eigenvalue weighted by Gasteiger charge is 2.33. The van der Waals surface area contributed by atoms with E-state index in [1.807, 2.05) is 18.2 Å². The van der Waals surface area contributed by atoms with Gasteiger partial charge in [0.25, 0.3) is 5.91 Å². The molecule has 0 aliphatic carbocycles. The first-order chi connectivity index (χ1) is 13.0. The number of unbranched alkanes of at least 4 members (excludes halogenated alkanes) is 3. The molecule has 0 atom stereocenters. The molecule has 1 saturated heterocycles. The molecule has 8 heteroatoms. The van der Waals surface area contributed by atoms with Gasteiger partial charge in [-0.15, -0.1) is 0 Å². The van der Waals surface area contributed by atoms with Crippen molar-refractivity contribution in [2.75, 3.05) is 13.7 Å². The average Bonchev–Trinajstić information content (AvgIpc) is 2.92. The molecule has 27 heavy (non-hydrogen) atoms. The molecule has 1 fully saturated rings. The van der Waals surface area contributed by atoms with Gasteiger partial charge in [0.15, 0.2) is 0 Å². The molecule has 3 amide bonds. The van der Waals surface area contributed by atoms with Crippen molar-refractivity contribution in [2.45, 2.75) is 38.5 Å². The maximum absolute atomic E-state index is 12.5. The third kappa shape index (κ3) is 5.90. The van der Waals surface area contributed by atoms with E-state index in [0.29, 0.717) is 30.7 Å². The van der Waals surface area contributed by atoms with Crippen LogP contribution < -0.4 is 10.2 Å². The fraction of sp³-hybridized carbons (Fsp3) is 0.421. The summed E-state index contributed by atoms with van der Waals surface area (Å²) in [6.45, 7) is 0.374. The minimum absolute atomic E-state index is 0.0920. The summed E-state index contributed by atoms with van der Waals surface area (Å²) in [6, 6.07) is 5.49. The number of nitrogens with zero attached hydrogens (tertiary/aromatic N) is 1. The second kappa shape index (κ2) is 10.2. The first-order valence-corrected chi connectivity index (χ1v) is 9.57. The number of rotatable bonds is 9. The van der Waals surface area contributed by atoms with E-state index in [9.17, 15) is 14.4 Å². The quantitative estimate of drug-likeness (QED) is 0.203. The molecule has 146 valence electrons. The maximum Gasteiger partial charge on any atom is 0.256 e. The number of benzene rings is 1. The van der Waals surface area contributed by atoms with Crippen molar-refractivity contribution in [2.24, 2.45) is 0 Å². The highest BCUT2D eigenvalue weighted by molar-refractivity contribution is 9.10. The van der Waals surface area contributed by atoms with Crippen molar-refractivity contribution in [3.05, 3.63) is 33.8 Å². The normalized spacial score (nSPS) is 15.5. The Bertz CT molecular complexity index is 748. The van der Waals surface area contributed by atoms with Gasteiger partial charge in [0, 0.05) is 28.6 Å². The molecule has 0 radical (unpaired) electrons. The Kier molecular flexibility index (Phi) is 7.99. The van der Waals surface area contributed by atoms with E-state index in [1.165, 1.54) is 4.90 Å². The summed E-state index contributed by atoms with van der Waals surface area (Å²) < 4.78 is 6.19. The van der Waals surface area contributed by atoms with Gasteiger partial charge in [-0.3, -0.25) is 24.5 Å². The lowest BCUT2D eigenvalue weighted by Gasteiger charge is -2.13. The molecule has 0 aromatic heterocycles. The van der Waals surface area contributed by atoms with Gasteiger partial charge in [-0.25, -0.2) is 5.48 Å². The molecule has 0 bridgehead atoms. The maximum atomic E-state index is 12.5. The Labute approximate surface area is 166 Å². The van der Waals surface area contributed by atoms with Gasteiger partial charge in [-0.2, -0.15) is 0 Å². The summed E-state index contributed by atoms with van der Waals surface area (Å²) in [4.78, 5) is 36.9. The zero-order chi connectivity index (χ0) is 19.8. The number of ether oxygens (including phenoxy) is 1. The lowest BCUT2D eigenvalue weighted by atomic mass is 10.1. The molecule has 1 heterocycles. The van der Waals surface area contributed by atoms with E-state index in [-0.39, 0.29) is 24.7 Å². The van der Waals surface area contributed by atoms with E-state index in [4.69, 9.17) is 9.94 Å². The van der Waals surface area contributed by atoms with Crippen LogP contribution in [0.1, 0.15) is 44.1 Å². The van der Waals surface area contributed by atoms with Crippen LogP contribution >= 0.6 is 15.9 Å². The zero-order valence-electron chi connectivity index (χ0n) is 15.2. The van der Waals surface area contributed by atoms with E-state index in [1.54, 1.807) is 18.7 Å². The third-order valence-electron chi connectivity index (χ3n) is 4.35. The van der Waals surface area contributed by atoms with Gasteiger partial charge in [0.2, 0.25) is 11.8 Å². The molecule has 2 N–H and O–H groups in total. The van der Waals surface area contributed by atoms with E-state index >= 15 is 0 Å². The first kappa shape index (κ1) is 21.1. The van der Waals surface area contributed by atoms with Crippen LogP contribution in [-0.2, 0) is 14.4 Å². The fourth-order valence-corrected chi connectivity index (χ4v) is 3.26. The van der Waals surface area contributed by atoms with Gasteiger partial charge in [-0.05, 0) is 31.1 Å². The summed E-state index contributed by atoms with van der Waals surface area (Å²) in [5.74, 6) is -0.229. The molecule has 1 aliphatic heterocycles. The number of hydrogen-bond acceptors (Lipinski definition) is 5. The monoisotopic (exact) mass is 438 g/mol. The Hall–Kier alpha value is -2.19. The van der Waals surface area contributed by atoms with Crippen molar-refractivity contribution in [1.29, 1.82) is 0 Å². The predicted octanol–water partition coefficient (Wildman–Crippen LogP) is 3.06. The van der Waals surface area contributed by atoms with Gasteiger partial charge in [-0.1, -0.05) is 34.8 Å². The molecule has 1 aromatic carbocycles. The Balaban J connectivity index is 1.90. The van der Waals surface area contributed by atoms with Gasteiger partial charge >= 0.3 is 0 Å². The summed E-state index contributed by atoms with van der Waals surface area (Å²) >= 11 is 3.37. The van der Waals surface area contributed by atoms with Crippen LogP contribution in [0, 0.1) is 0 Å². The predicted molar refractivity (Wildman–Crippen MR) is 103 cm³/mol.